The van der Waals surface area contributed by atoms with Crippen LogP contribution in [0, 0.1) is 5.92 Å². The van der Waals surface area contributed by atoms with Gasteiger partial charge in [-0.15, -0.1) is 0 Å². The average Bonchev–Trinajstić information content (AvgIpc) is 2.67. The first-order valence-electron chi connectivity index (χ1n) is 5.63. The molecule has 1 saturated heterocycles. The Balaban J connectivity index is 1.98. The van der Waals surface area contributed by atoms with E-state index in [1.54, 1.807) is 0 Å². The summed E-state index contributed by atoms with van der Waals surface area (Å²) < 4.78 is 5.25. The van der Waals surface area contributed by atoms with Gasteiger partial charge in [0.1, 0.15) is 0 Å². The third kappa shape index (κ3) is 1.84. The van der Waals surface area contributed by atoms with Gasteiger partial charge in [0, 0.05) is 19.1 Å². The predicted molar refractivity (Wildman–Crippen MR) is 53.9 cm³/mol. The van der Waals surface area contributed by atoms with Crippen LogP contribution in [0.2, 0.25) is 0 Å². The zero-order chi connectivity index (χ0) is 10.0. The summed E-state index contributed by atoms with van der Waals surface area (Å²) in [6.07, 6.45) is 5.76. The number of hydrogen-bond acceptors (Lipinski definition) is 3. The van der Waals surface area contributed by atoms with Crippen LogP contribution in [0.15, 0.2) is 0 Å². The number of carbonyl (C=O) groups is 1. The molecule has 1 aliphatic heterocycles. The summed E-state index contributed by atoms with van der Waals surface area (Å²) >= 11 is 0. The Morgan fingerprint density at radius 1 is 1.21 bits per heavy atom. The van der Waals surface area contributed by atoms with E-state index in [9.17, 15) is 4.79 Å². The van der Waals surface area contributed by atoms with E-state index >= 15 is 0 Å². The molecule has 2 N–H and O–H groups in total. The van der Waals surface area contributed by atoms with Crippen LogP contribution in [0.3, 0.4) is 0 Å². The molecular formula is C11H19NO2. The van der Waals surface area contributed by atoms with E-state index < -0.39 is 5.54 Å². The van der Waals surface area contributed by atoms with Gasteiger partial charge in [-0.2, -0.15) is 0 Å². The van der Waals surface area contributed by atoms with Crippen molar-refractivity contribution in [1.29, 1.82) is 0 Å². The first-order valence-corrected chi connectivity index (χ1v) is 5.63. The lowest BCUT2D eigenvalue weighted by atomic mass is 9.81. The highest BCUT2D eigenvalue weighted by molar-refractivity contribution is 5.90. The molecule has 0 aromatic rings. The SMILES string of the molecule is NC1(C(=O)C2CCOCC2)CCCC1. The number of ether oxygens (including phenoxy) is 1. The summed E-state index contributed by atoms with van der Waals surface area (Å²) in [5, 5.41) is 0. The van der Waals surface area contributed by atoms with E-state index in [2.05, 4.69) is 0 Å². The highest BCUT2D eigenvalue weighted by Gasteiger charge is 2.40. The van der Waals surface area contributed by atoms with Gasteiger partial charge in [0.2, 0.25) is 0 Å². The van der Waals surface area contributed by atoms with Crippen LogP contribution in [-0.4, -0.2) is 24.5 Å². The van der Waals surface area contributed by atoms with Crippen molar-refractivity contribution in [3.05, 3.63) is 0 Å². The van der Waals surface area contributed by atoms with Gasteiger partial charge < -0.3 is 10.5 Å². The molecule has 0 aromatic heterocycles. The second kappa shape index (κ2) is 3.99. The van der Waals surface area contributed by atoms with Crippen LogP contribution in [0.5, 0.6) is 0 Å². The fourth-order valence-electron chi connectivity index (χ4n) is 2.62. The van der Waals surface area contributed by atoms with Crippen LogP contribution in [0.1, 0.15) is 38.5 Å². The zero-order valence-corrected chi connectivity index (χ0v) is 8.63. The second-order valence-electron chi connectivity index (χ2n) is 4.61. The number of Topliss-reactive ketones (excluding diaryl/α,β-unsaturated/α-hetero) is 1. The maximum Gasteiger partial charge on any atom is 0.155 e. The number of rotatable bonds is 2. The minimum atomic E-state index is -0.484. The molecule has 2 rings (SSSR count). The van der Waals surface area contributed by atoms with Gasteiger partial charge in [0.25, 0.3) is 0 Å². The summed E-state index contributed by atoms with van der Waals surface area (Å²) in [7, 11) is 0. The normalized spacial score (nSPS) is 27.8. The zero-order valence-electron chi connectivity index (χ0n) is 8.63. The fourth-order valence-corrected chi connectivity index (χ4v) is 2.62. The Morgan fingerprint density at radius 2 is 1.79 bits per heavy atom. The van der Waals surface area contributed by atoms with Gasteiger partial charge in [-0.3, -0.25) is 4.79 Å². The number of carbonyl (C=O) groups excluding carboxylic acids is 1. The topological polar surface area (TPSA) is 52.3 Å². The van der Waals surface area contributed by atoms with Gasteiger partial charge in [0.15, 0.2) is 5.78 Å². The first kappa shape index (κ1) is 10.1. The monoisotopic (exact) mass is 197 g/mol. The maximum absolute atomic E-state index is 12.1. The smallest absolute Gasteiger partial charge is 0.155 e. The molecule has 0 amide bonds. The average molecular weight is 197 g/mol. The third-order valence-electron chi connectivity index (χ3n) is 3.58. The van der Waals surface area contributed by atoms with E-state index in [1.807, 2.05) is 0 Å². The molecule has 0 atom stereocenters. The predicted octanol–water partition coefficient (Wildman–Crippen LogP) is 1.25. The van der Waals surface area contributed by atoms with Gasteiger partial charge in [-0.25, -0.2) is 0 Å². The molecule has 0 radical (unpaired) electrons. The van der Waals surface area contributed by atoms with E-state index in [0.717, 1.165) is 51.7 Å². The molecule has 2 fully saturated rings. The molecule has 3 heteroatoms. The van der Waals surface area contributed by atoms with E-state index in [-0.39, 0.29) is 5.92 Å². The van der Waals surface area contributed by atoms with Crippen molar-refractivity contribution in [1.82, 2.24) is 0 Å². The van der Waals surface area contributed by atoms with E-state index in [4.69, 9.17) is 10.5 Å². The van der Waals surface area contributed by atoms with Crippen molar-refractivity contribution in [2.24, 2.45) is 11.7 Å². The lowest BCUT2D eigenvalue weighted by Crippen LogP contribution is -2.49. The largest absolute Gasteiger partial charge is 0.381 e. The maximum atomic E-state index is 12.1. The lowest BCUT2D eigenvalue weighted by Gasteiger charge is -2.29. The summed E-state index contributed by atoms with van der Waals surface area (Å²) in [6, 6.07) is 0. The van der Waals surface area contributed by atoms with Crippen LogP contribution in [0.25, 0.3) is 0 Å². The lowest BCUT2D eigenvalue weighted by molar-refractivity contribution is -0.130. The van der Waals surface area contributed by atoms with Crippen LogP contribution < -0.4 is 5.73 Å². The van der Waals surface area contributed by atoms with Gasteiger partial charge in [-0.1, -0.05) is 12.8 Å². The standard InChI is InChI=1S/C11H19NO2/c12-11(5-1-2-6-11)10(13)9-3-7-14-8-4-9/h9H,1-8,12H2. The molecule has 0 aromatic carbocycles. The summed E-state index contributed by atoms with van der Waals surface area (Å²) in [6.45, 7) is 1.46. The molecule has 0 spiro atoms. The summed E-state index contributed by atoms with van der Waals surface area (Å²) in [5.41, 5.74) is 5.66. The molecule has 80 valence electrons. The Hall–Kier alpha value is -0.410. The van der Waals surface area contributed by atoms with Gasteiger partial charge in [-0.05, 0) is 25.7 Å². The first-order chi connectivity index (χ1) is 6.72. The molecule has 14 heavy (non-hydrogen) atoms. The van der Waals surface area contributed by atoms with Crippen LogP contribution >= 0.6 is 0 Å². The molecule has 0 unspecified atom stereocenters. The van der Waals surface area contributed by atoms with Crippen molar-refractivity contribution < 1.29 is 9.53 Å². The van der Waals surface area contributed by atoms with Crippen LogP contribution in [-0.2, 0) is 9.53 Å². The number of ketones is 1. The Morgan fingerprint density at radius 3 is 2.36 bits per heavy atom. The Kier molecular flexibility index (Phi) is 2.88. The van der Waals surface area contributed by atoms with Crippen molar-refractivity contribution >= 4 is 5.78 Å². The van der Waals surface area contributed by atoms with Crippen molar-refractivity contribution in [2.45, 2.75) is 44.1 Å². The molecule has 1 saturated carbocycles. The van der Waals surface area contributed by atoms with Crippen molar-refractivity contribution in [2.75, 3.05) is 13.2 Å². The minimum absolute atomic E-state index is 0.173. The van der Waals surface area contributed by atoms with Crippen LogP contribution in [0.4, 0.5) is 0 Å². The van der Waals surface area contributed by atoms with Gasteiger partial charge >= 0.3 is 0 Å². The number of nitrogens with two attached hydrogens (primary N) is 1. The Labute approximate surface area is 85.0 Å². The molecule has 1 heterocycles. The van der Waals surface area contributed by atoms with Crippen molar-refractivity contribution in [3.63, 3.8) is 0 Å². The molecular weight excluding hydrogens is 178 g/mol. The minimum Gasteiger partial charge on any atom is -0.381 e. The van der Waals surface area contributed by atoms with Crippen molar-refractivity contribution in [3.8, 4) is 0 Å². The second-order valence-corrected chi connectivity index (χ2v) is 4.61. The molecule has 1 aliphatic carbocycles. The molecule has 0 bridgehead atoms. The van der Waals surface area contributed by atoms with E-state index in [0.29, 0.717) is 5.78 Å². The number of hydrogen-bond donors (Lipinski definition) is 1. The summed E-state index contributed by atoms with van der Waals surface area (Å²) in [5.74, 6) is 0.477. The van der Waals surface area contributed by atoms with Gasteiger partial charge in [0.05, 0.1) is 5.54 Å². The third-order valence-corrected chi connectivity index (χ3v) is 3.58. The highest BCUT2D eigenvalue weighted by atomic mass is 16.5. The summed E-state index contributed by atoms with van der Waals surface area (Å²) in [4.78, 5) is 12.1. The Bertz CT molecular complexity index is 215. The quantitative estimate of drug-likeness (QED) is 0.725. The fraction of sp³-hybridized carbons (Fsp3) is 0.909. The molecule has 2 aliphatic rings. The molecule has 3 nitrogen and oxygen atoms in total. The highest BCUT2D eigenvalue weighted by Crippen LogP contribution is 2.32. The van der Waals surface area contributed by atoms with E-state index in [1.165, 1.54) is 0 Å².